The van der Waals surface area contributed by atoms with Crippen LogP contribution in [0, 0.1) is 274 Å². The van der Waals surface area contributed by atoms with E-state index in [1.54, 1.807) is 0 Å². The molecule has 0 aromatic heterocycles. The number of hydrogen-bond donors (Lipinski definition) is 0. The molecule has 0 heterocycles. The van der Waals surface area contributed by atoms with Gasteiger partial charge in [-0.05, 0) is 389 Å². The van der Waals surface area contributed by atoms with Gasteiger partial charge in [-0.3, -0.25) is 0 Å². The van der Waals surface area contributed by atoms with E-state index in [9.17, 15) is 0 Å². The molecule has 0 N–H and O–H groups in total. The minimum Gasteiger partial charge on any atom is -0.0656 e. The van der Waals surface area contributed by atoms with Gasteiger partial charge in [-0.15, -0.1) is 0 Å². The molecule has 27 aliphatic carbocycles. The maximum Gasteiger partial charge on any atom is -0.0294 e. The smallest absolute Gasteiger partial charge is 0.0294 e. The maximum absolute atomic E-state index is 2.51. The molecule has 0 heteroatoms. The maximum atomic E-state index is 2.51. The molecule has 27 saturated carbocycles. The van der Waals surface area contributed by atoms with E-state index in [1.165, 1.54) is 128 Å². The van der Waals surface area contributed by atoms with Crippen LogP contribution in [0.25, 0.3) is 0 Å². The fourth-order valence-corrected chi connectivity index (χ4v) is 31.8. The molecule has 640 valence electrons. The highest BCUT2D eigenvalue weighted by Gasteiger charge is 2.63. The van der Waals surface area contributed by atoms with Gasteiger partial charge in [0, 0.05) is 0 Å². The summed E-state index contributed by atoms with van der Waals surface area (Å²) in [5.41, 5.74) is 6.14. The molecule has 27 aliphatic rings. The predicted molar refractivity (Wildman–Crippen MR) is 485 cm³/mol. The molecule has 0 aromatic carbocycles. The zero-order valence-corrected chi connectivity index (χ0v) is 82.6. The highest BCUT2D eigenvalue weighted by molar-refractivity contribution is 5.12. The highest BCUT2D eigenvalue weighted by Crippen LogP contribution is 2.70. The summed E-state index contributed by atoms with van der Waals surface area (Å²) in [6.07, 6.45) is 29.7. The average molecular weight is 1510 g/mol. The van der Waals surface area contributed by atoms with Crippen molar-refractivity contribution in [3.8, 4) is 0 Å². The van der Waals surface area contributed by atoms with Crippen molar-refractivity contribution in [3.05, 3.63) is 0 Å². The molecule has 0 spiro atoms. The van der Waals surface area contributed by atoms with Crippen molar-refractivity contribution in [2.75, 3.05) is 0 Å². The summed E-state index contributed by atoms with van der Waals surface area (Å²) in [4.78, 5) is 0. The zero-order valence-electron chi connectivity index (χ0n) is 82.6. The van der Waals surface area contributed by atoms with Crippen LogP contribution < -0.4 is 0 Å². The van der Waals surface area contributed by atoms with Crippen molar-refractivity contribution in [3.63, 3.8) is 0 Å². The molecule has 0 radical (unpaired) electrons. The van der Waals surface area contributed by atoms with E-state index in [0.29, 0.717) is 48.7 Å². The molecule has 27 fully saturated rings. The molecule has 0 nitrogen and oxygen atoms in total. The number of hydrogen-bond acceptors (Lipinski definition) is 0. The summed E-state index contributed by atoms with van der Waals surface area (Å²) >= 11 is 0. The Bertz CT molecular complexity index is 2320. The van der Waals surface area contributed by atoms with Crippen LogP contribution in [0.3, 0.4) is 0 Å². The van der Waals surface area contributed by atoms with Crippen molar-refractivity contribution in [1.82, 2.24) is 0 Å². The predicted octanol–water partition coefficient (Wildman–Crippen LogP) is 34.0. The lowest BCUT2D eigenvalue weighted by molar-refractivity contribution is -0.156. The van der Waals surface area contributed by atoms with Crippen LogP contribution in [-0.2, 0) is 0 Å². The molecule has 27 rings (SSSR count). The Kier molecular flexibility index (Phi) is 30.3. The van der Waals surface area contributed by atoms with Crippen molar-refractivity contribution in [1.29, 1.82) is 0 Å². The van der Waals surface area contributed by atoms with Crippen LogP contribution in [0.2, 0.25) is 0 Å². The Morgan fingerprint density at radius 1 is 0.183 bits per heavy atom. The van der Waals surface area contributed by atoms with Crippen LogP contribution in [0.15, 0.2) is 0 Å². The Morgan fingerprint density at radius 2 is 0.303 bits per heavy atom. The van der Waals surface area contributed by atoms with Crippen molar-refractivity contribution < 1.29 is 0 Å². The van der Waals surface area contributed by atoms with Gasteiger partial charge in [0.1, 0.15) is 0 Å². The van der Waals surface area contributed by atoms with Gasteiger partial charge in [0.05, 0.1) is 0 Å². The van der Waals surface area contributed by atoms with Gasteiger partial charge in [-0.1, -0.05) is 304 Å². The van der Waals surface area contributed by atoms with Gasteiger partial charge < -0.3 is 0 Å². The Balaban J connectivity index is 0.000000153. The molecule has 18 bridgehead atoms. The van der Waals surface area contributed by atoms with E-state index in [1.807, 2.05) is 0 Å². The molecule has 0 aliphatic heterocycles. The zero-order chi connectivity index (χ0) is 82.6. The van der Waals surface area contributed by atoms with E-state index in [4.69, 9.17) is 0 Å². The van der Waals surface area contributed by atoms with Gasteiger partial charge in [-0.2, -0.15) is 0 Å². The van der Waals surface area contributed by atoms with E-state index < -0.39 is 0 Å². The standard InChI is InChI=1S/C15H28.8C11H20.2C3H8/c1-9(2)12-7-11-8-13(15(11,5)6)14(12)10(3)4;8*1-7-5-9-6-10(8(7)2)11(9,3)4;2*1-3-2/h9-14H,7-8H2,1-6H3;8*7-10H,5-6H2,1-4H3;2*3H2,1-2H3/t;2*7-,8+,9+,10+;2*7-,8+,9-,10-;2*7-,8-,9+,10+;2*7-,8-,9-,10-;;/m.10101010../s1. The third-order valence-corrected chi connectivity index (χ3v) is 43.6. The monoisotopic (exact) mass is 1510 g/mol. The second kappa shape index (κ2) is 35.0. The molecule has 0 aromatic rings. The van der Waals surface area contributed by atoms with Crippen LogP contribution in [0.4, 0.5) is 0 Å². The molecular weight excluding hydrogens is 1310 g/mol. The number of rotatable bonds is 2. The second-order valence-electron chi connectivity index (χ2n) is 52.2. The van der Waals surface area contributed by atoms with Crippen molar-refractivity contribution in [2.45, 2.75) is 419 Å². The van der Waals surface area contributed by atoms with Crippen LogP contribution in [0.1, 0.15) is 419 Å². The Morgan fingerprint density at radius 3 is 0.394 bits per heavy atom. The Labute approximate surface area is 688 Å². The van der Waals surface area contributed by atoms with E-state index >= 15 is 0 Å². The van der Waals surface area contributed by atoms with E-state index in [-0.39, 0.29) is 0 Å². The van der Waals surface area contributed by atoms with Crippen LogP contribution in [-0.4, -0.2) is 0 Å². The lowest BCUT2D eigenvalue weighted by atomic mass is 9.41. The fraction of sp³-hybridized carbons (Fsp3) is 1.00. The second-order valence-corrected chi connectivity index (χ2v) is 52.2. The van der Waals surface area contributed by atoms with Crippen LogP contribution in [0.5, 0.6) is 0 Å². The molecule has 0 saturated heterocycles. The quantitative estimate of drug-likeness (QED) is 0.259. The van der Waals surface area contributed by atoms with E-state index in [0.717, 1.165) is 225 Å². The first-order chi connectivity index (χ1) is 49.9. The van der Waals surface area contributed by atoms with E-state index in [2.05, 4.69) is 291 Å². The lowest BCUT2D eigenvalue weighted by Crippen LogP contribution is -2.57. The molecular formula is C109H204. The largest absolute Gasteiger partial charge is 0.0656 e. The summed E-state index contributed by atoms with van der Waals surface area (Å²) < 4.78 is 0. The summed E-state index contributed by atoms with van der Waals surface area (Å²) in [6, 6.07) is 0. The van der Waals surface area contributed by atoms with Crippen LogP contribution >= 0.6 is 0 Å². The minimum atomic E-state index is 0.653. The Hall–Kier alpha value is 0. The first-order valence-electron chi connectivity index (χ1n) is 49.9. The van der Waals surface area contributed by atoms with Gasteiger partial charge in [0.15, 0.2) is 0 Å². The highest BCUT2D eigenvalue weighted by atomic mass is 14.7. The number of fused-ring (bicyclic) bond motifs is 18. The van der Waals surface area contributed by atoms with Gasteiger partial charge in [0.2, 0.25) is 0 Å². The summed E-state index contributed by atoms with van der Waals surface area (Å²) in [5.74, 6) is 38.3. The third-order valence-electron chi connectivity index (χ3n) is 43.6. The first-order valence-corrected chi connectivity index (χ1v) is 49.9. The van der Waals surface area contributed by atoms with Gasteiger partial charge in [-0.25, -0.2) is 0 Å². The molecule has 109 heavy (non-hydrogen) atoms. The summed E-state index contributed by atoms with van der Waals surface area (Å²) in [5, 5.41) is 0. The summed E-state index contributed by atoms with van der Waals surface area (Å²) in [7, 11) is 0. The molecule has 0 amide bonds. The fourth-order valence-electron chi connectivity index (χ4n) is 31.8. The normalized spacial score (nSPS) is 49.4. The molecule has 4 unspecified atom stereocenters. The van der Waals surface area contributed by atoms with Crippen molar-refractivity contribution in [2.24, 2.45) is 274 Å². The SMILES string of the molecule is CC(C)C1CC2CC(C1C(C)C)C2(C)C.CCC.CCC.C[C@@H]1[C@@H](C)C[C@H]2C[C@@H]1C2(C)C.C[C@@H]1[C@H](C)C[C@@H]2C[C@H]1C2(C)C.C[C@@H]1[C@H](C)C[C@H]2C[C@@H]1C2(C)C.C[C@@H]1[C@H]2C[C@@H](C[C@@H]1C)C2(C)C.C[C@H]1[C@@H](C)C[C@H]2C[C@@H]1C2(C)C.C[C@H]1[C@H](C)C[C@@H]2C[C@H]1C2(C)C.C[C@H]1[C@H](C)C[C@H]2C[C@@H]1C2(C)C.C[C@H]1[C@H]2C[C@@H](C[C@@H]1C)C2(C)C. The van der Waals surface area contributed by atoms with Gasteiger partial charge >= 0.3 is 0 Å². The average Bonchev–Trinajstić information content (AvgIpc) is 0.718. The third kappa shape index (κ3) is 18.0. The minimum absolute atomic E-state index is 0.653. The van der Waals surface area contributed by atoms with Gasteiger partial charge in [0.25, 0.3) is 0 Å². The molecule has 36 atom stereocenters. The summed E-state index contributed by atoms with van der Waals surface area (Å²) in [6.45, 7) is 102. The lowest BCUT2D eigenvalue weighted by Gasteiger charge is -2.64. The topological polar surface area (TPSA) is 0 Å². The first kappa shape index (κ1) is 94.5. The van der Waals surface area contributed by atoms with Crippen molar-refractivity contribution >= 4 is 0 Å².